The second-order valence-electron chi connectivity index (χ2n) is 5.47. The van der Waals surface area contributed by atoms with Gasteiger partial charge < -0.3 is 9.30 Å². The Morgan fingerprint density at radius 3 is 2.95 bits per heavy atom. The predicted molar refractivity (Wildman–Crippen MR) is 75.2 cm³/mol. The molecule has 1 heterocycles. The molecule has 0 radical (unpaired) electrons. The lowest BCUT2D eigenvalue weighted by molar-refractivity contribution is -0.145. The Hall–Kier alpha value is -1.77. The molecule has 100 valence electrons. The molecule has 19 heavy (non-hydrogen) atoms. The summed E-state index contributed by atoms with van der Waals surface area (Å²) >= 11 is 0. The number of ether oxygens (including phenoxy) is 1. The fourth-order valence-electron chi connectivity index (χ4n) is 3.26. The molecule has 1 aliphatic carbocycles. The smallest absolute Gasteiger partial charge is 0.309 e. The number of benzene rings is 1. The van der Waals surface area contributed by atoms with Crippen molar-refractivity contribution in [2.45, 2.75) is 26.2 Å². The van der Waals surface area contributed by atoms with Crippen LogP contribution < -0.4 is 0 Å². The van der Waals surface area contributed by atoms with Crippen LogP contribution in [0, 0.1) is 12.8 Å². The van der Waals surface area contributed by atoms with Crippen molar-refractivity contribution in [3.63, 3.8) is 0 Å². The van der Waals surface area contributed by atoms with Gasteiger partial charge in [0.1, 0.15) is 0 Å². The Labute approximate surface area is 113 Å². The van der Waals surface area contributed by atoms with Crippen LogP contribution in [0.25, 0.3) is 10.9 Å². The van der Waals surface area contributed by atoms with Crippen molar-refractivity contribution in [2.75, 3.05) is 7.11 Å². The number of esters is 1. The van der Waals surface area contributed by atoms with Crippen molar-refractivity contribution in [1.29, 1.82) is 0 Å². The molecule has 0 spiro atoms. The number of methoxy groups -OCH3 is 1. The molecule has 1 aromatic heterocycles. The first-order chi connectivity index (χ1) is 9.11. The molecule has 0 amide bonds. The molecular formula is C16H19NO2. The van der Waals surface area contributed by atoms with Gasteiger partial charge in [-0.3, -0.25) is 4.79 Å². The van der Waals surface area contributed by atoms with Crippen molar-refractivity contribution in [1.82, 2.24) is 4.57 Å². The average molecular weight is 257 g/mol. The fourth-order valence-corrected chi connectivity index (χ4v) is 3.26. The van der Waals surface area contributed by atoms with E-state index in [0.29, 0.717) is 0 Å². The summed E-state index contributed by atoms with van der Waals surface area (Å²) in [6, 6.07) is 6.55. The van der Waals surface area contributed by atoms with E-state index in [0.717, 1.165) is 19.3 Å². The third-order valence-electron chi connectivity index (χ3n) is 4.31. The fraction of sp³-hybridized carbons (Fsp3) is 0.438. The average Bonchev–Trinajstić information content (AvgIpc) is 2.70. The maximum absolute atomic E-state index is 11.8. The van der Waals surface area contributed by atoms with Crippen LogP contribution in [-0.4, -0.2) is 17.6 Å². The van der Waals surface area contributed by atoms with Crippen LogP contribution in [0.3, 0.4) is 0 Å². The SMILES string of the molecule is COC(=O)C1CCc2c(c3cc(C)ccc3n2C)C1. The molecule has 0 saturated heterocycles. The number of rotatable bonds is 1. The van der Waals surface area contributed by atoms with Gasteiger partial charge in [0.2, 0.25) is 0 Å². The normalized spacial score (nSPS) is 18.4. The van der Waals surface area contributed by atoms with Crippen molar-refractivity contribution >= 4 is 16.9 Å². The van der Waals surface area contributed by atoms with Crippen molar-refractivity contribution < 1.29 is 9.53 Å². The van der Waals surface area contributed by atoms with Crippen LogP contribution in [0.1, 0.15) is 23.2 Å². The van der Waals surface area contributed by atoms with E-state index in [1.807, 2.05) is 0 Å². The molecule has 3 heteroatoms. The Bertz CT molecular complexity index is 654. The van der Waals surface area contributed by atoms with Crippen molar-refractivity contribution in [3.8, 4) is 0 Å². The van der Waals surface area contributed by atoms with E-state index in [9.17, 15) is 4.79 Å². The van der Waals surface area contributed by atoms with Crippen LogP contribution in [0.15, 0.2) is 18.2 Å². The van der Waals surface area contributed by atoms with Gasteiger partial charge in [0, 0.05) is 23.6 Å². The number of aryl methyl sites for hydroxylation is 2. The summed E-state index contributed by atoms with van der Waals surface area (Å²) in [6.45, 7) is 2.11. The van der Waals surface area contributed by atoms with Crippen LogP contribution >= 0.6 is 0 Å². The molecule has 2 aromatic rings. The van der Waals surface area contributed by atoms with Gasteiger partial charge in [0.05, 0.1) is 13.0 Å². The maximum atomic E-state index is 11.8. The number of hydrogen-bond donors (Lipinski definition) is 0. The zero-order valence-corrected chi connectivity index (χ0v) is 11.7. The second kappa shape index (κ2) is 4.41. The zero-order valence-electron chi connectivity index (χ0n) is 11.7. The van der Waals surface area contributed by atoms with E-state index in [4.69, 9.17) is 4.74 Å². The molecule has 1 aliphatic rings. The van der Waals surface area contributed by atoms with E-state index < -0.39 is 0 Å². The highest BCUT2D eigenvalue weighted by molar-refractivity contribution is 5.87. The van der Waals surface area contributed by atoms with Gasteiger partial charge in [-0.05, 0) is 43.9 Å². The van der Waals surface area contributed by atoms with Crippen LogP contribution in [0.5, 0.6) is 0 Å². The highest BCUT2D eigenvalue weighted by atomic mass is 16.5. The summed E-state index contributed by atoms with van der Waals surface area (Å²) < 4.78 is 7.18. The number of carbonyl (C=O) groups excluding carboxylic acids is 1. The molecule has 3 rings (SSSR count). The van der Waals surface area contributed by atoms with Gasteiger partial charge in [0.15, 0.2) is 0 Å². The van der Waals surface area contributed by atoms with E-state index in [-0.39, 0.29) is 11.9 Å². The largest absolute Gasteiger partial charge is 0.469 e. The maximum Gasteiger partial charge on any atom is 0.309 e. The van der Waals surface area contributed by atoms with Crippen LogP contribution in [0.2, 0.25) is 0 Å². The molecule has 0 bridgehead atoms. The molecule has 0 saturated carbocycles. The molecular weight excluding hydrogens is 238 g/mol. The number of carbonyl (C=O) groups is 1. The quantitative estimate of drug-likeness (QED) is 0.736. The van der Waals surface area contributed by atoms with Crippen molar-refractivity contribution in [3.05, 3.63) is 35.0 Å². The number of aromatic nitrogens is 1. The van der Waals surface area contributed by atoms with E-state index >= 15 is 0 Å². The first-order valence-corrected chi connectivity index (χ1v) is 6.76. The van der Waals surface area contributed by atoms with Gasteiger partial charge in [-0.2, -0.15) is 0 Å². The minimum absolute atomic E-state index is 0.0172. The molecule has 1 unspecified atom stereocenters. The second-order valence-corrected chi connectivity index (χ2v) is 5.47. The monoisotopic (exact) mass is 257 g/mol. The van der Waals surface area contributed by atoms with Crippen LogP contribution in [0.4, 0.5) is 0 Å². The highest BCUT2D eigenvalue weighted by Gasteiger charge is 2.29. The van der Waals surface area contributed by atoms with Gasteiger partial charge in [0.25, 0.3) is 0 Å². The molecule has 0 aliphatic heterocycles. The van der Waals surface area contributed by atoms with E-state index in [2.05, 4.69) is 36.7 Å². The summed E-state index contributed by atoms with van der Waals surface area (Å²) in [6.07, 6.45) is 2.66. The third kappa shape index (κ3) is 1.84. The molecule has 1 atom stereocenters. The summed E-state index contributed by atoms with van der Waals surface area (Å²) in [7, 11) is 3.60. The first kappa shape index (κ1) is 12.3. The molecule has 1 aromatic carbocycles. The lowest BCUT2D eigenvalue weighted by Crippen LogP contribution is -2.24. The summed E-state index contributed by atoms with van der Waals surface area (Å²) in [5.74, 6) is -0.0566. The topological polar surface area (TPSA) is 31.2 Å². The Morgan fingerprint density at radius 2 is 2.21 bits per heavy atom. The van der Waals surface area contributed by atoms with Crippen LogP contribution in [-0.2, 0) is 29.4 Å². The van der Waals surface area contributed by atoms with Crippen molar-refractivity contribution in [2.24, 2.45) is 13.0 Å². The Kier molecular flexibility index (Phi) is 2.85. The molecule has 0 fully saturated rings. The first-order valence-electron chi connectivity index (χ1n) is 6.76. The summed E-state index contributed by atoms with van der Waals surface area (Å²) in [4.78, 5) is 11.8. The third-order valence-corrected chi connectivity index (χ3v) is 4.31. The van der Waals surface area contributed by atoms with E-state index in [1.54, 1.807) is 0 Å². The van der Waals surface area contributed by atoms with Gasteiger partial charge in [-0.1, -0.05) is 11.6 Å². The van der Waals surface area contributed by atoms with Gasteiger partial charge >= 0.3 is 5.97 Å². The van der Waals surface area contributed by atoms with Gasteiger partial charge in [-0.25, -0.2) is 0 Å². The predicted octanol–water partition coefficient (Wildman–Crippen LogP) is 2.76. The minimum atomic E-state index is -0.0738. The number of hydrogen-bond acceptors (Lipinski definition) is 2. The van der Waals surface area contributed by atoms with E-state index in [1.165, 1.54) is 34.8 Å². The lowest BCUT2D eigenvalue weighted by atomic mass is 9.86. The Balaban J connectivity index is 2.13. The molecule has 3 nitrogen and oxygen atoms in total. The molecule has 0 N–H and O–H groups in total. The minimum Gasteiger partial charge on any atom is -0.469 e. The Morgan fingerprint density at radius 1 is 1.42 bits per heavy atom. The summed E-state index contributed by atoms with van der Waals surface area (Å²) in [5.41, 5.74) is 5.24. The number of nitrogens with zero attached hydrogens (tertiary/aromatic N) is 1. The highest BCUT2D eigenvalue weighted by Crippen LogP contribution is 2.34. The summed E-state index contributed by atoms with van der Waals surface area (Å²) in [5, 5.41) is 1.30. The van der Waals surface area contributed by atoms with Gasteiger partial charge in [-0.15, -0.1) is 0 Å². The zero-order chi connectivity index (χ0) is 13.6. The lowest BCUT2D eigenvalue weighted by Gasteiger charge is -2.21. The number of fused-ring (bicyclic) bond motifs is 3. The standard InChI is InChI=1S/C16H19NO2/c1-10-4-6-14-12(8-10)13-9-11(16(18)19-3)5-7-15(13)17(14)2/h4,6,8,11H,5,7,9H2,1-3H3.